The van der Waals surface area contributed by atoms with Gasteiger partial charge in [0.1, 0.15) is 11.6 Å². The van der Waals surface area contributed by atoms with Gasteiger partial charge in [-0.2, -0.15) is 0 Å². The number of amidine groups is 1. The lowest BCUT2D eigenvalue weighted by Gasteiger charge is -2.15. The summed E-state index contributed by atoms with van der Waals surface area (Å²) in [5, 5.41) is 0. The van der Waals surface area contributed by atoms with Gasteiger partial charge in [0.05, 0.1) is 7.11 Å². The number of benzene rings is 2. The smallest absolute Gasteiger partial charge is 0.136 e. The molecule has 3 nitrogen and oxygen atoms in total. The van der Waals surface area contributed by atoms with Crippen LogP contribution >= 0.6 is 0 Å². The van der Waals surface area contributed by atoms with E-state index in [4.69, 9.17) is 4.74 Å². The fourth-order valence-electron chi connectivity index (χ4n) is 3.89. The summed E-state index contributed by atoms with van der Waals surface area (Å²) in [5.74, 6) is 1.89. The minimum Gasteiger partial charge on any atom is -0.497 e. The van der Waals surface area contributed by atoms with Crippen molar-refractivity contribution < 1.29 is 4.74 Å². The summed E-state index contributed by atoms with van der Waals surface area (Å²) in [5.41, 5.74) is 14.0. The molecule has 0 amide bonds. The molecule has 3 aliphatic rings. The Labute approximate surface area is 202 Å². The molecule has 0 fully saturated rings. The van der Waals surface area contributed by atoms with E-state index in [1.165, 1.54) is 33.4 Å². The summed E-state index contributed by atoms with van der Waals surface area (Å²) >= 11 is 0. The highest BCUT2D eigenvalue weighted by Crippen LogP contribution is 2.27. The second-order valence-corrected chi connectivity index (χ2v) is 8.31. The zero-order valence-corrected chi connectivity index (χ0v) is 20.1. The van der Waals surface area contributed by atoms with E-state index in [-0.39, 0.29) is 0 Å². The molecular formula is C31H30N2O. The Balaban J connectivity index is 0.000000172. The first kappa shape index (κ1) is 23.1. The molecule has 2 aromatic rings. The summed E-state index contributed by atoms with van der Waals surface area (Å²) in [7, 11) is 1.70. The van der Waals surface area contributed by atoms with Crippen LogP contribution in [0.2, 0.25) is 0 Å². The molecule has 0 aromatic heterocycles. The largest absolute Gasteiger partial charge is 0.497 e. The predicted octanol–water partition coefficient (Wildman–Crippen LogP) is 7.09. The van der Waals surface area contributed by atoms with Gasteiger partial charge in [0.2, 0.25) is 0 Å². The first-order valence-electron chi connectivity index (χ1n) is 11.6. The van der Waals surface area contributed by atoms with Gasteiger partial charge in [-0.05, 0) is 77.6 Å². The number of hydrogen-bond acceptors (Lipinski definition) is 3. The number of hydrogen-bond donors (Lipinski definition) is 0. The highest BCUT2D eigenvalue weighted by Gasteiger charge is 2.21. The lowest BCUT2D eigenvalue weighted by molar-refractivity contribution is 0.413. The highest BCUT2D eigenvalue weighted by molar-refractivity contribution is 5.94. The van der Waals surface area contributed by atoms with E-state index in [1.54, 1.807) is 7.11 Å². The third-order valence-electron chi connectivity index (χ3n) is 5.92. The molecule has 2 heterocycles. The van der Waals surface area contributed by atoms with Crippen LogP contribution in [0, 0.1) is 6.92 Å². The quantitative estimate of drug-likeness (QED) is 0.470. The highest BCUT2D eigenvalue weighted by atomic mass is 16.5. The molecule has 0 saturated carbocycles. The van der Waals surface area contributed by atoms with Crippen LogP contribution in [0.3, 0.4) is 0 Å². The van der Waals surface area contributed by atoms with Gasteiger partial charge in [-0.3, -0.25) is 0 Å². The van der Waals surface area contributed by atoms with E-state index in [0.717, 1.165) is 31.1 Å². The summed E-state index contributed by atoms with van der Waals surface area (Å²) < 4.78 is 5.29. The minimum absolute atomic E-state index is 0.874. The molecule has 34 heavy (non-hydrogen) atoms. The van der Waals surface area contributed by atoms with Crippen LogP contribution in [0.4, 0.5) is 0 Å². The molecule has 0 atom stereocenters. The maximum Gasteiger partial charge on any atom is 0.136 e. The first-order chi connectivity index (χ1) is 16.7. The van der Waals surface area contributed by atoms with Gasteiger partial charge in [0, 0.05) is 25.4 Å². The van der Waals surface area contributed by atoms with E-state index < -0.39 is 0 Å². The molecule has 0 N–H and O–H groups in total. The normalized spacial score (nSPS) is 15.5. The number of ether oxygens (including phenoxy) is 1. The van der Waals surface area contributed by atoms with Crippen LogP contribution in [0.1, 0.15) is 35.6 Å². The molecule has 2 aliphatic heterocycles. The van der Waals surface area contributed by atoms with E-state index in [0.29, 0.717) is 0 Å². The molecule has 5 rings (SSSR count). The van der Waals surface area contributed by atoms with Crippen LogP contribution in [0.5, 0.6) is 5.75 Å². The van der Waals surface area contributed by atoms with Gasteiger partial charge in [-0.15, -0.1) is 11.5 Å². The molecule has 0 spiro atoms. The molecule has 1 aliphatic carbocycles. The van der Waals surface area contributed by atoms with E-state index in [1.807, 2.05) is 42.6 Å². The van der Waals surface area contributed by atoms with Crippen molar-refractivity contribution >= 4 is 11.4 Å². The number of aryl methyl sites for hydroxylation is 1. The number of rotatable bonds is 3. The fourth-order valence-corrected chi connectivity index (χ4v) is 3.89. The molecule has 0 radical (unpaired) electrons. The van der Waals surface area contributed by atoms with Gasteiger partial charge >= 0.3 is 0 Å². The molecular weight excluding hydrogens is 416 g/mol. The van der Waals surface area contributed by atoms with Crippen LogP contribution in [0.25, 0.3) is 5.57 Å². The number of methoxy groups -OCH3 is 1. The van der Waals surface area contributed by atoms with E-state index in [9.17, 15) is 0 Å². The molecule has 3 heteroatoms. The molecule has 0 unspecified atom stereocenters. The lowest BCUT2D eigenvalue weighted by Crippen LogP contribution is -2.23. The SMILES string of the molecule is CCC1=C=CC(N2Cc3ccc(OC)cc3C2)=NC=C1.Cc1ccc(C2=CC=C=CC=C2)cc1. The van der Waals surface area contributed by atoms with Crippen LogP contribution in [-0.2, 0) is 13.1 Å². The third kappa shape index (κ3) is 5.85. The second kappa shape index (κ2) is 11.2. The Morgan fingerprint density at radius 2 is 1.82 bits per heavy atom. The van der Waals surface area contributed by atoms with Crippen molar-refractivity contribution in [1.82, 2.24) is 4.90 Å². The predicted molar refractivity (Wildman–Crippen MR) is 142 cm³/mol. The van der Waals surface area contributed by atoms with Gasteiger partial charge < -0.3 is 9.64 Å². The number of allylic oxidation sites excluding steroid dienone is 6. The summed E-state index contributed by atoms with van der Waals surface area (Å²) in [6, 6.07) is 14.8. The van der Waals surface area contributed by atoms with Crippen molar-refractivity contribution in [2.24, 2.45) is 4.99 Å². The maximum absolute atomic E-state index is 5.29. The number of fused-ring (bicyclic) bond motifs is 1. The molecule has 0 bridgehead atoms. The van der Waals surface area contributed by atoms with Crippen molar-refractivity contribution in [1.29, 1.82) is 0 Å². The lowest BCUT2D eigenvalue weighted by atomic mass is 10.0. The van der Waals surface area contributed by atoms with Crippen LogP contribution in [-0.4, -0.2) is 17.8 Å². The average molecular weight is 447 g/mol. The second-order valence-electron chi connectivity index (χ2n) is 8.31. The van der Waals surface area contributed by atoms with E-state index in [2.05, 4.69) is 83.8 Å². The topological polar surface area (TPSA) is 24.8 Å². The summed E-state index contributed by atoms with van der Waals surface area (Å²) in [4.78, 5) is 6.78. The third-order valence-corrected chi connectivity index (χ3v) is 5.92. The molecule has 170 valence electrons. The Morgan fingerprint density at radius 3 is 2.62 bits per heavy atom. The van der Waals surface area contributed by atoms with Crippen molar-refractivity contribution in [2.45, 2.75) is 33.4 Å². The molecule has 0 saturated heterocycles. The minimum atomic E-state index is 0.874. The standard InChI is InChI=1S/C17H18N2O.C14H12/c1-3-13-4-7-17(18-9-8-13)19-11-14-5-6-16(20-2)10-15(14)12-19;1-12-8-10-14(11-9-12)13-6-4-2-3-5-7-13/h5-10H,3,11-12H2,1-2H3;2,4-11H,1H3. The van der Waals surface area contributed by atoms with Crippen LogP contribution < -0.4 is 4.74 Å². The molecule has 2 aromatic carbocycles. The Hall–Kier alpha value is -4.03. The average Bonchev–Trinajstić information content (AvgIpc) is 3.03. The summed E-state index contributed by atoms with van der Waals surface area (Å²) in [6.07, 6.45) is 16.9. The van der Waals surface area contributed by atoms with Gasteiger partial charge in [-0.25, -0.2) is 4.99 Å². The Kier molecular flexibility index (Phi) is 7.63. The Morgan fingerprint density at radius 1 is 1.00 bits per heavy atom. The zero-order chi connectivity index (χ0) is 23.8. The Bertz CT molecular complexity index is 1290. The fraction of sp³-hybridized carbons (Fsp3) is 0.194. The zero-order valence-electron chi connectivity index (χ0n) is 20.1. The van der Waals surface area contributed by atoms with E-state index >= 15 is 0 Å². The van der Waals surface area contributed by atoms with Crippen molar-refractivity contribution in [3.8, 4) is 5.75 Å². The van der Waals surface area contributed by atoms with Gasteiger partial charge in [-0.1, -0.05) is 55.0 Å². The maximum atomic E-state index is 5.29. The van der Waals surface area contributed by atoms with Crippen molar-refractivity contribution in [3.63, 3.8) is 0 Å². The number of aliphatic imine (C=N–C) groups is 1. The number of nitrogens with zero attached hydrogens (tertiary/aromatic N) is 2. The van der Waals surface area contributed by atoms with Crippen molar-refractivity contribution in [2.75, 3.05) is 7.11 Å². The first-order valence-corrected chi connectivity index (χ1v) is 11.6. The van der Waals surface area contributed by atoms with Crippen molar-refractivity contribution in [3.05, 3.63) is 130 Å². The summed E-state index contributed by atoms with van der Waals surface area (Å²) in [6.45, 7) is 6.00. The van der Waals surface area contributed by atoms with Gasteiger partial charge in [0.25, 0.3) is 0 Å². The van der Waals surface area contributed by atoms with Crippen LogP contribution in [0.15, 0.2) is 113 Å². The van der Waals surface area contributed by atoms with Gasteiger partial charge in [0.15, 0.2) is 0 Å². The monoisotopic (exact) mass is 446 g/mol.